The van der Waals surface area contributed by atoms with Crippen LogP contribution in [0.25, 0.3) is 22.3 Å². The van der Waals surface area contributed by atoms with Gasteiger partial charge in [-0.15, -0.1) is 0 Å². The van der Waals surface area contributed by atoms with E-state index in [1.165, 1.54) is 51.8 Å². The summed E-state index contributed by atoms with van der Waals surface area (Å²) in [6.45, 7) is 2.18. The third-order valence-corrected chi connectivity index (χ3v) is 4.54. The molecule has 0 saturated carbocycles. The van der Waals surface area contributed by atoms with Crippen molar-refractivity contribution in [3.63, 3.8) is 0 Å². The van der Waals surface area contributed by atoms with Gasteiger partial charge in [0.1, 0.15) is 0 Å². The van der Waals surface area contributed by atoms with Crippen LogP contribution in [-0.4, -0.2) is 0 Å². The van der Waals surface area contributed by atoms with Crippen LogP contribution in [0.1, 0.15) is 16.7 Å². The van der Waals surface area contributed by atoms with E-state index in [2.05, 4.69) is 73.7 Å². The van der Waals surface area contributed by atoms with Crippen LogP contribution in [-0.2, 0) is 12.8 Å². The number of aryl methyl sites for hydroxylation is 3. The van der Waals surface area contributed by atoms with Gasteiger partial charge in [-0.3, -0.25) is 0 Å². The molecule has 0 aromatic heterocycles. The van der Waals surface area contributed by atoms with Crippen LogP contribution in [0.2, 0.25) is 0 Å². The molecule has 0 heteroatoms. The Labute approximate surface area is 126 Å². The Kier molecular flexibility index (Phi) is 2.89. The van der Waals surface area contributed by atoms with E-state index < -0.39 is 0 Å². The van der Waals surface area contributed by atoms with Crippen LogP contribution in [0, 0.1) is 6.92 Å². The highest BCUT2D eigenvalue weighted by Gasteiger charge is 2.15. The van der Waals surface area contributed by atoms with E-state index in [4.69, 9.17) is 0 Å². The molecule has 3 aromatic rings. The first-order chi connectivity index (χ1) is 10.3. The zero-order chi connectivity index (χ0) is 14.2. The van der Waals surface area contributed by atoms with Crippen molar-refractivity contribution in [2.24, 2.45) is 0 Å². The maximum absolute atomic E-state index is 2.37. The lowest BCUT2D eigenvalue weighted by Crippen LogP contribution is -2.07. The van der Waals surface area contributed by atoms with Crippen LogP contribution in [0.15, 0.2) is 66.7 Å². The van der Waals surface area contributed by atoms with E-state index in [0.29, 0.717) is 0 Å². The highest BCUT2D eigenvalue weighted by Crippen LogP contribution is 2.36. The Balaban J connectivity index is 1.90. The second-order valence-corrected chi connectivity index (χ2v) is 5.84. The van der Waals surface area contributed by atoms with E-state index in [-0.39, 0.29) is 0 Å². The summed E-state index contributed by atoms with van der Waals surface area (Å²) < 4.78 is 0. The van der Waals surface area contributed by atoms with E-state index in [1.807, 2.05) is 0 Å². The number of fused-ring (bicyclic) bond motifs is 1. The highest BCUT2D eigenvalue weighted by atomic mass is 14.2. The standard InChI is InChI=1S/C21H18/c1-15-6-2-3-7-19(15)21-9-5-4-8-20(21)18-13-11-16-10-12-17(16)14-18/h2-9,11,13-14H,10,12H2,1H3. The first-order valence-corrected chi connectivity index (χ1v) is 7.60. The van der Waals surface area contributed by atoms with Gasteiger partial charge in [0.2, 0.25) is 0 Å². The van der Waals surface area contributed by atoms with Crippen molar-refractivity contribution in [1.29, 1.82) is 0 Å². The van der Waals surface area contributed by atoms with E-state index in [9.17, 15) is 0 Å². The summed E-state index contributed by atoms with van der Waals surface area (Å²) >= 11 is 0. The number of benzene rings is 3. The Morgan fingerprint density at radius 2 is 1.29 bits per heavy atom. The van der Waals surface area contributed by atoms with E-state index in [1.54, 1.807) is 0 Å². The van der Waals surface area contributed by atoms with Crippen molar-refractivity contribution < 1.29 is 0 Å². The van der Waals surface area contributed by atoms with Crippen LogP contribution < -0.4 is 0 Å². The molecule has 102 valence electrons. The van der Waals surface area contributed by atoms with Crippen molar-refractivity contribution in [1.82, 2.24) is 0 Å². The molecule has 0 aliphatic heterocycles. The van der Waals surface area contributed by atoms with Gasteiger partial charge in [-0.05, 0) is 58.7 Å². The predicted octanol–water partition coefficient (Wildman–Crippen LogP) is 5.43. The summed E-state index contributed by atoms with van der Waals surface area (Å²) in [7, 11) is 0. The second kappa shape index (κ2) is 4.89. The molecule has 3 aromatic carbocycles. The number of hydrogen-bond acceptors (Lipinski definition) is 0. The molecule has 0 spiro atoms. The molecule has 0 radical (unpaired) electrons. The summed E-state index contributed by atoms with van der Waals surface area (Å²) in [5.41, 5.74) is 9.70. The van der Waals surface area contributed by atoms with Gasteiger partial charge in [0.25, 0.3) is 0 Å². The maximum atomic E-state index is 2.37. The van der Waals surface area contributed by atoms with Crippen LogP contribution in [0.4, 0.5) is 0 Å². The monoisotopic (exact) mass is 270 g/mol. The zero-order valence-electron chi connectivity index (χ0n) is 12.3. The molecular formula is C21H18. The topological polar surface area (TPSA) is 0 Å². The van der Waals surface area contributed by atoms with Crippen molar-refractivity contribution in [3.05, 3.63) is 83.4 Å². The number of rotatable bonds is 2. The SMILES string of the molecule is Cc1ccccc1-c1ccccc1-c1ccc2c(c1)CC2. The van der Waals surface area contributed by atoms with Crippen molar-refractivity contribution in [2.75, 3.05) is 0 Å². The Morgan fingerprint density at radius 3 is 1.95 bits per heavy atom. The van der Waals surface area contributed by atoms with Gasteiger partial charge in [0.05, 0.1) is 0 Å². The second-order valence-electron chi connectivity index (χ2n) is 5.84. The fourth-order valence-electron chi connectivity index (χ4n) is 3.21. The van der Waals surface area contributed by atoms with Crippen LogP contribution in [0.3, 0.4) is 0 Å². The lowest BCUT2D eigenvalue weighted by Gasteiger charge is -2.20. The van der Waals surface area contributed by atoms with Gasteiger partial charge in [-0.2, -0.15) is 0 Å². The highest BCUT2D eigenvalue weighted by molar-refractivity contribution is 5.85. The third-order valence-electron chi connectivity index (χ3n) is 4.54. The molecule has 1 aliphatic rings. The lowest BCUT2D eigenvalue weighted by atomic mass is 9.84. The molecule has 0 nitrogen and oxygen atoms in total. The van der Waals surface area contributed by atoms with Gasteiger partial charge in [-0.25, -0.2) is 0 Å². The molecule has 0 N–H and O–H groups in total. The summed E-state index contributed by atoms with van der Waals surface area (Å²) in [5, 5.41) is 0. The summed E-state index contributed by atoms with van der Waals surface area (Å²) in [6, 6.07) is 24.3. The average Bonchev–Trinajstić information content (AvgIpc) is 2.49. The smallest absolute Gasteiger partial charge is 0.0103 e. The van der Waals surface area contributed by atoms with Crippen molar-refractivity contribution in [2.45, 2.75) is 19.8 Å². The first-order valence-electron chi connectivity index (χ1n) is 7.60. The fraction of sp³-hybridized carbons (Fsp3) is 0.143. The quantitative estimate of drug-likeness (QED) is 0.582. The Hall–Kier alpha value is -2.34. The molecule has 0 unspecified atom stereocenters. The van der Waals surface area contributed by atoms with Gasteiger partial charge in [-0.1, -0.05) is 66.7 Å². The summed E-state index contributed by atoms with van der Waals surface area (Å²) in [6.07, 6.45) is 2.48. The molecule has 0 amide bonds. The predicted molar refractivity (Wildman–Crippen MR) is 89.5 cm³/mol. The van der Waals surface area contributed by atoms with E-state index in [0.717, 1.165) is 0 Å². The first kappa shape index (κ1) is 12.4. The molecular weight excluding hydrogens is 252 g/mol. The minimum atomic E-state index is 1.23. The zero-order valence-corrected chi connectivity index (χ0v) is 12.3. The molecule has 0 saturated heterocycles. The van der Waals surface area contributed by atoms with Gasteiger partial charge in [0, 0.05) is 0 Å². The molecule has 0 atom stereocenters. The summed E-state index contributed by atoms with van der Waals surface area (Å²) in [5.74, 6) is 0. The molecule has 1 aliphatic carbocycles. The van der Waals surface area contributed by atoms with Gasteiger partial charge < -0.3 is 0 Å². The Morgan fingerprint density at radius 1 is 0.619 bits per heavy atom. The largest absolute Gasteiger partial charge is 0.0620 e. The Bertz CT molecular complexity index is 812. The molecule has 0 heterocycles. The minimum absolute atomic E-state index is 1.23. The number of hydrogen-bond donors (Lipinski definition) is 0. The maximum Gasteiger partial charge on any atom is -0.0103 e. The average molecular weight is 270 g/mol. The molecule has 0 bridgehead atoms. The van der Waals surface area contributed by atoms with E-state index >= 15 is 0 Å². The lowest BCUT2D eigenvalue weighted by molar-refractivity contribution is 0.840. The van der Waals surface area contributed by atoms with Crippen LogP contribution >= 0.6 is 0 Å². The molecule has 0 fully saturated rings. The van der Waals surface area contributed by atoms with Gasteiger partial charge >= 0.3 is 0 Å². The minimum Gasteiger partial charge on any atom is -0.0620 e. The molecule has 21 heavy (non-hydrogen) atoms. The van der Waals surface area contributed by atoms with Crippen molar-refractivity contribution in [3.8, 4) is 22.3 Å². The third kappa shape index (κ3) is 2.08. The summed E-state index contributed by atoms with van der Waals surface area (Å²) in [4.78, 5) is 0. The molecule has 4 rings (SSSR count). The fourth-order valence-corrected chi connectivity index (χ4v) is 3.21. The normalized spacial score (nSPS) is 12.6. The van der Waals surface area contributed by atoms with Gasteiger partial charge in [0.15, 0.2) is 0 Å². The van der Waals surface area contributed by atoms with Crippen molar-refractivity contribution >= 4 is 0 Å². The van der Waals surface area contributed by atoms with Crippen LogP contribution in [0.5, 0.6) is 0 Å².